The van der Waals surface area contributed by atoms with Gasteiger partial charge in [-0.3, -0.25) is 19.1 Å². The third-order valence-corrected chi connectivity index (χ3v) is 5.76. The zero-order valence-electron chi connectivity index (χ0n) is 15.6. The van der Waals surface area contributed by atoms with E-state index >= 15 is 0 Å². The molecule has 0 spiro atoms. The molecular formula is C17H21N3O7PS-. The molecule has 0 aliphatic carbocycles. The maximum atomic E-state index is 12.2. The third-order valence-electron chi connectivity index (χ3n) is 3.74. The van der Waals surface area contributed by atoms with Gasteiger partial charge in [0.15, 0.2) is 0 Å². The first-order valence-electron chi connectivity index (χ1n) is 8.61. The maximum absolute atomic E-state index is 12.2. The molecule has 29 heavy (non-hydrogen) atoms. The number of ether oxygens (including phenoxy) is 1. The number of hydrogen-bond donors (Lipinski definition) is 3. The van der Waals surface area contributed by atoms with E-state index in [1.165, 1.54) is 16.3 Å². The number of rotatable bonds is 10. The quantitative estimate of drug-likeness (QED) is 0.264. The monoisotopic (exact) mass is 442 g/mol. The summed E-state index contributed by atoms with van der Waals surface area (Å²) < 4.78 is 17.3. The maximum Gasteiger partial charge on any atom is 0.331 e. The fraction of sp³-hybridized carbons (Fsp3) is 0.353. The third kappa shape index (κ3) is 7.64. The van der Waals surface area contributed by atoms with Crippen LogP contribution in [0.4, 0.5) is 0 Å². The lowest BCUT2D eigenvalue weighted by molar-refractivity contribution is -0.193. The van der Waals surface area contributed by atoms with E-state index in [2.05, 4.69) is 10.3 Å². The molecule has 0 bridgehead atoms. The lowest BCUT2D eigenvalue weighted by atomic mass is 10.4. The Morgan fingerprint density at radius 3 is 2.69 bits per heavy atom. The number of nitrogens with zero attached hydrogens (tertiary/aromatic N) is 1. The SMILES string of the molecule is Cc1c(Sc2ccccc2)n(COCCNC(=O)CCP(=O)([O-])O)c(=O)[nH]c1=O. The number of aromatic nitrogens is 2. The van der Waals surface area contributed by atoms with E-state index < -0.39 is 30.9 Å². The smallest absolute Gasteiger partial charge is 0.331 e. The van der Waals surface area contributed by atoms with Crippen molar-refractivity contribution in [3.8, 4) is 0 Å². The first kappa shape index (κ1) is 23.1. The van der Waals surface area contributed by atoms with Gasteiger partial charge in [-0.2, -0.15) is 0 Å². The molecule has 1 amide bonds. The standard InChI is InChI=1S/C17H22N3O7PS/c1-12-15(22)19-17(23)20(16(12)29-13-5-3-2-4-6-13)11-27-9-8-18-14(21)7-10-28(24,25)26/h2-6H,7-11H2,1H3,(H,18,21)(H,19,22,23)(H2,24,25,26)/p-1. The Kier molecular flexibility index (Phi) is 8.42. The van der Waals surface area contributed by atoms with Crippen molar-refractivity contribution in [3.05, 3.63) is 56.7 Å². The second-order valence-electron chi connectivity index (χ2n) is 6.03. The Bertz CT molecular complexity index is 1000. The molecule has 0 radical (unpaired) electrons. The van der Waals surface area contributed by atoms with E-state index in [9.17, 15) is 23.8 Å². The molecule has 1 unspecified atom stereocenters. The van der Waals surface area contributed by atoms with Crippen LogP contribution in [-0.2, 0) is 20.8 Å². The summed E-state index contributed by atoms with van der Waals surface area (Å²) in [6, 6.07) is 9.24. The highest BCUT2D eigenvalue weighted by Gasteiger charge is 2.13. The van der Waals surface area contributed by atoms with Crippen molar-refractivity contribution in [1.82, 2.24) is 14.9 Å². The number of H-pyrrole nitrogens is 1. The fourth-order valence-corrected chi connectivity index (χ4v) is 3.74. The Morgan fingerprint density at radius 1 is 1.34 bits per heavy atom. The van der Waals surface area contributed by atoms with Crippen molar-refractivity contribution in [2.24, 2.45) is 0 Å². The van der Waals surface area contributed by atoms with Gasteiger partial charge in [0, 0.05) is 29.6 Å². The molecule has 158 valence electrons. The van der Waals surface area contributed by atoms with E-state index in [1.807, 2.05) is 30.3 Å². The van der Waals surface area contributed by atoms with E-state index in [1.54, 1.807) is 6.92 Å². The predicted molar refractivity (Wildman–Crippen MR) is 105 cm³/mol. The Labute approximate surface area is 170 Å². The van der Waals surface area contributed by atoms with Crippen LogP contribution in [0.3, 0.4) is 0 Å². The normalized spacial score (nSPS) is 13.1. The van der Waals surface area contributed by atoms with Gasteiger partial charge in [0.2, 0.25) is 5.91 Å². The lowest BCUT2D eigenvalue weighted by Gasteiger charge is -2.15. The van der Waals surface area contributed by atoms with Gasteiger partial charge in [0.1, 0.15) is 14.3 Å². The van der Waals surface area contributed by atoms with Gasteiger partial charge < -0.3 is 24.4 Å². The topological polar surface area (TPSA) is 154 Å². The summed E-state index contributed by atoms with van der Waals surface area (Å²) in [7, 11) is -4.46. The molecule has 0 saturated heterocycles. The van der Waals surface area contributed by atoms with Crippen LogP contribution in [0.1, 0.15) is 12.0 Å². The van der Waals surface area contributed by atoms with E-state index in [0.29, 0.717) is 10.6 Å². The van der Waals surface area contributed by atoms with Crippen molar-refractivity contribution in [2.45, 2.75) is 30.0 Å². The number of aromatic amines is 1. The second kappa shape index (κ2) is 10.6. The highest BCUT2D eigenvalue weighted by molar-refractivity contribution is 7.99. The second-order valence-corrected chi connectivity index (χ2v) is 8.82. The highest BCUT2D eigenvalue weighted by Crippen LogP contribution is 2.29. The van der Waals surface area contributed by atoms with Gasteiger partial charge in [0.05, 0.1) is 11.6 Å². The lowest BCUT2D eigenvalue weighted by Crippen LogP contribution is -2.34. The summed E-state index contributed by atoms with van der Waals surface area (Å²) in [5, 5.41) is 2.89. The average Bonchev–Trinajstić information content (AvgIpc) is 2.66. The Morgan fingerprint density at radius 2 is 2.03 bits per heavy atom. The summed E-state index contributed by atoms with van der Waals surface area (Å²) in [6.07, 6.45) is -0.987. The van der Waals surface area contributed by atoms with Crippen LogP contribution in [-0.4, -0.2) is 39.7 Å². The summed E-state index contributed by atoms with van der Waals surface area (Å²) in [5.74, 6) is -0.545. The molecule has 1 aromatic heterocycles. The van der Waals surface area contributed by atoms with Gasteiger partial charge in [-0.15, -0.1) is 0 Å². The summed E-state index contributed by atoms with van der Waals surface area (Å²) in [4.78, 5) is 58.0. The molecule has 12 heteroatoms. The van der Waals surface area contributed by atoms with Crippen molar-refractivity contribution in [2.75, 3.05) is 19.3 Å². The van der Waals surface area contributed by atoms with Crippen LogP contribution in [0.25, 0.3) is 0 Å². The van der Waals surface area contributed by atoms with Gasteiger partial charge in [-0.25, -0.2) is 4.79 Å². The first-order chi connectivity index (χ1) is 13.7. The van der Waals surface area contributed by atoms with Crippen LogP contribution in [0.2, 0.25) is 0 Å². The van der Waals surface area contributed by atoms with Gasteiger partial charge in [-0.05, 0) is 19.1 Å². The number of nitrogens with one attached hydrogen (secondary N) is 2. The van der Waals surface area contributed by atoms with Crippen LogP contribution in [0.5, 0.6) is 0 Å². The zero-order valence-corrected chi connectivity index (χ0v) is 17.3. The summed E-state index contributed by atoms with van der Waals surface area (Å²) >= 11 is 1.26. The average molecular weight is 442 g/mol. The highest BCUT2D eigenvalue weighted by atomic mass is 32.2. The molecule has 0 aliphatic heterocycles. The molecule has 10 nitrogen and oxygen atoms in total. The number of hydrogen-bond acceptors (Lipinski definition) is 7. The van der Waals surface area contributed by atoms with E-state index in [-0.39, 0.29) is 26.3 Å². The van der Waals surface area contributed by atoms with E-state index in [4.69, 9.17) is 9.63 Å². The predicted octanol–water partition coefficient (Wildman–Crippen LogP) is 0.0223. The molecule has 1 heterocycles. The molecular weight excluding hydrogens is 421 g/mol. The van der Waals surface area contributed by atoms with E-state index in [0.717, 1.165) is 4.90 Å². The molecule has 0 aliphatic rings. The molecule has 2 rings (SSSR count). The first-order valence-corrected chi connectivity index (χ1v) is 11.2. The van der Waals surface area contributed by atoms with Crippen LogP contribution in [0.15, 0.2) is 49.8 Å². The molecule has 2 aromatic rings. The van der Waals surface area contributed by atoms with Crippen LogP contribution in [0, 0.1) is 6.92 Å². The molecule has 1 aromatic carbocycles. The Hall–Kier alpha value is -2.17. The van der Waals surface area contributed by atoms with Crippen LogP contribution >= 0.6 is 19.4 Å². The number of benzene rings is 1. The Balaban J connectivity index is 1.96. The summed E-state index contributed by atoms with van der Waals surface area (Å²) in [6.45, 7) is 1.61. The zero-order chi connectivity index (χ0) is 21.4. The van der Waals surface area contributed by atoms with Gasteiger partial charge in [-0.1, -0.05) is 30.0 Å². The summed E-state index contributed by atoms with van der Waals surface area (Å²) in [5.41, 5.74) is -0.713. The minimum absolute atomic E-state index is 0.0555. The number of carbonyl (C=O) groups is 1. The fourth-order valence-electron chi connectivity index (χ4n) is 2.25. The molecule has 0 fully saturated rings. The minimum Gasteiger partial charge on any atom is -0.779 e. The minimum atomic E-state index is -4.46. The molecule has 0 saturated carbocycles. The van der Waals surface area contributed by atoms with Gasteiger partial charge >= 0.3 is 5.69 Å². The largest absolute Gasteiger partial charge is 0.779 e. The van der Waals surface area contributed by atoms with Crippen molar-refractivity contribution in [1.29, 1.82) is 0 Å². The number of amides is 1. The van der Waals surface area contributed by atoms with Crippen molar-refractivity contribution >= 4 is 25.3 Å². The number of carbonyl (C=O) groups excluding carboxylic acids is 1. The van der Waals surface area contributed by atoms with Gasteiger partial charge in [0.25, 0.3) is 5.56 Å². The van der Waals surface area contributed by atoms with Crippen molar-refractivity contribution < 1.29 is 23.9 Å². The van der Waals surface area contributed by atoms with Crippen LogP contribution < -0.4 is 21.5 Å². The molecule has 3 N–H and O–H groups in total. The van der Waals surface area contributed by atoms with Crippen molar-refractivity contribution in [3.63, 3.8) is 0 Å². The molecule has 1 atom stereocenters.